The van der Waals surface area contributed by atoms with Crippen LogP contribution in [0.3, 0.4) is 0 Å². The third-order valence-electron chi connectivity index (χ3n) is 3.48. The minimum absolute atomic E-state index is 0.00690. The number of hydrogen-bond donors (Lipinski definition) is 1. The van der Waals surface area contributed by atoms with Gasteiger partial charge >= 0.3 is 5.97 Å². The van der Waals surface area contributed by atoms with Crippen LogP contribution in [-0.4, -0.2) is 28.6 Å². The van der Waals surface area contributed by atoms with Crippen molar-refractivity contribution in [2.45, 2.75) is 19.4 Å². The zero-order chi connectivity index (χ0) is 15.0. The number of anilines is 1. The highest BCUT2D eigenvalue weighted by molar-refractivity contribution is 9.10. The molecule has 0 aromatic heterocycles. The maximum atomic E-state index is 13.7. The Labute approximate surface area is 122 Å². The van der Waals surface area contributed by atoms with E-state index < -0.39 is 22.8 Å². The average Bonchev–Trinajstić information content (AvgIpc) is 2.73. The summed E-state index contributed by atoms with van der Waals surface area (Å²) in [5.41, 5.74) is -0.300. The molecule has 2 rings (SSSR count). The number of rotatable bonds is 3. The van der Waals surface area contributed by atoms with E-state index in [4.69, 9.17) is 0 Å². The minimum atomic E-state index is -1.06. The van der Waals surface area contributed by atoms with Gasteiger partial charge in [-0.15, -0.1) is 0 Å². The molecule has 6 nitrogen and oxygen atoms in total. The monoisotopic (exact) mass is 346 g/mol. The Bertz CT molecular complexity index is 581. The molecule has 20 heavy (non-hydrogen) atoms. The zero-order valence-corrected chi connectivity index (χ0v) is 12.1. The Morgan fingerprint density at radius 1 is 1.60 bits per heavy atom. The third kappa shape index (κ3) is 2.47. The van der Waals surface area contributed by atoms with Crippen LogP contribution in [-0.2, 0) is 4.79 Å². The number of nitro groups is 1. The lowest BCUT2D eigenvalue weighted by Crippen LogP contribution is -2.39. The van der Waals surface area contributed by atoms with E-state index in [9.17, 15) is 24.4 Å². The molecule has 0 radical (unpaired) electrons. The quantitative estimate of drug-likeness (QED) is 0.671. The maximum Gasteiger partial charge on any atom is 0.326 e. The number of hydrogen-bond acceptors (Lipinski definition) is 4. The fraction of sp³-hybridized carbons (Fsp3) is 0.417. The summed E-state index contributed by atoms with van der Waals surface area (Å²) in [4.78, 5) is 23.2. The molecule has 1 saturated heterocycles. The number of nitro benzene ring substituents is 1. The molecule has 0 spiro atoms. The number of carboxylic acid groups (broad SMARTS) is 1. The topological polar surface area (TPSA) is 83.7 Å². The molecule has 0 amide bonds. The van der Waals surface area contributed by atoms with E-state index in [2.05, 4.69) is 15.9 Å². The van der Waals surface area contributed by atoms with E-state index >= 15 is 0 Å². The summed E-state index contributed by atoms with van der Waals surface area (Å²) in [6, 6.07) is 1.19. The predicted molar refractivity (Wildman–Crippen MR) is 73.3 cm³/mol. The van der Waals surface area contributed by atoms with Crippen LogP contribution in [0.2, 0.25) is 0 Å². The van der Waals surface area contributed by atoms with Gasteiger partial charge in [0.2, 0.25) is 0 Å². The molecule has 1 N–H and O–H groups in total. The van der Waals surface area contributed by atoms with E-state index in [1.807, 2.05) is 0 Å². The fourth-order valence-corrected chi connectivity index (χ4v) is 2.83. The SMILES string of the molecule is CC1CCN(c2cc(F)c(Br)cc2[N+](=O)[O-])C1C(=O)O. The van der Waals surface area contributed by atoms with Gasteiger partial charge in [-0.2, -0.15) is 0 Å². The number of nitrogens with zero attached hydrogens (tertiary/aromatic N) is 2. The maximum absolute atomic E-state index is 13.7. The highest BCUT2D eigenvalue weighted by atomic mass is 79.9. The van der Waals surface area contributed by atoms with E-state index in [1.165, 1.54) is 4.90 Å². The lowest BCUT2D eigenvalue weighted by Gasteiger charge is -2.25. The zero-order valence-electron chi connectivity index (χ0n) is 10.5. The first kappa shape index (κ1) is 14.7. The first-order valence-electron chi connectivity index (χ1n) is 5.95. The molecule has 1 fully saturated rings. The van der Waals surface area contributed by atoms with Crippen LogP contribution >= 0.6 is 15.9 Å². The van der Waals surface area contributed by atoms with Gasteiger partial charge in [-0.25, -0.2) is 9.18 Å². The number of carbonyl (C=O) groups is 1. The molecule has 8 heteroatoms. The van der Waals surface area contributed by atoms with Gasteiger partial charge in [0.25, 0.3) is 5.69 Å². The molecule has 2 unspecified atom stereocenters. The summed E-state index contributed by atoms with van der Waals surface area (Å²) in [6.07, 6.45) is 0.589. The largest absolute Gasteiger partial charge is 0.480 e. The predicted octanol–water partition coefficient (Wildman–Crippen LogP) is 2.80. The standard InChI is InChI=1S/C12H12BrFN2O4/c1-6-2-3-15(11(6)12(17)18)9-5-8(14)7(13)4-10(9)16(19)20/h4-6,11H,2-3H2,1H3,(H,17,18). The van der Waals surface area contributed by atoms with Gasteiger partial charge in [-0.1, -0.05) is 6.92 Å². The van der Waals surface area contributed by atoms with Gasteiger partial charge in [-0.05, 0) is 28.3 Å². The highest BCUT2D eigenvalue weighted by Crippen LogP contribution is 2.38. The summed E-state index contributed by atoms with van der Waals surface area (Å²) in [7, 11) is 0. The van der Waals surface area contributed by atoms with Crippen molar-refractivity contribution >= 4 is 33.3 Å². The van der Waals surface area contributed by atoms with Crippen LogP contribution in [0.5, 0.6) is 0 Å². The molecule has 1 heterocycles. The van der Waals surface area contributed by atoms with Crippen LogP contribution < -0.4 is 4.90 Å². The molecule has 0 aliphatic carbocycles. The Hall–Kier alpha value is -1.70. The van der Waals surface area contributed by atoms with Gasteiger partial charge in [0.15, 0.2) is 0 Å². The molecule has 1 aromatic rings. The van der Waals surface area contributed by atoms with Gasteiger partial charge in [-0.3, -0.25) is 10.1 Å². The van der Waals surface area contributed by atoms with Gasteiger partial charge in [0, 0.05) is 18.7 Å². The molecule has 2 atom stereocenters. The molecule has 1 aliphatic rings. The van der Waals surface area contributed by atoms with Crippen molar-refractivity contribution in [3.05, 3.63) is 32.5 Å². The van der Waals surface area contributed by atoms with Crippen molar-refractivity contribution in [2.24, 2.45) is 5.92 Å². The Balaban J connectivity index is 2.54. The van der Waals surface area contributed by atoms with Crippen molar-refractivity contribution in [1.29, 1.82) is 0 Å². The second-order valence-electron chi connectivity index (χ2n) is 4.75. The number of aliphatic carboxylic acids is 1. The summed E-state index contributed by atoms with van der Waals surface area (Å²) >= 11 is 2.90. The van der Waals surface area contributed by atoms with E-state index in [0.29, 0.717) is 13.0 Å². The van der Waals surface area contributed by atoms with E-state index in [1.54, 1.807) is 6.92 Å². The van der Waals surface area contributed by atoms with Gasteiger partial charge < -0.3 is 10.0 Å². The van der Waals surface area contributed by atoms with Crippen molar-refractivity contribution in [2.75, 3.05) is 11.4 Å². The number of benzene rings is 1. The number of halogens is 2. The van der Waals surface area contributed by atoms with Crippen LogP contribution in [0.1, 0.15) is 13.3 Å². The minimum Gasteiger partial charge on any atom is -0.480 e. The van der Waals surface area contributed by atoms with Crippen molar-refractivity contribution < 1.29 is 19.2 Å². The molecule has 1 aliphatic heterocycles. The van der Waals surface area contributed by atoms with Crippen LogP contribution in [0.15, 0.2) is 16.6 Å². The fourth-order valence-electron chi connectivity index (χ4n) is 2.50. The van der Waals surface area contributed by atoms with Crippen LogP contribution in [0.4, 0.5) is 15.8 Å². The first-order chi connectivity index (χ1) is 9.32. The second-order valence-corrected chi connectivity index (χ2v) is 5.61. The highest BCUT2D eigenvalue weighted by Gasteiger charge is 2.39. The molecular formula is C12H12BrFN2O4. The van der Waals surface area contributed by atoms with Crippen molar-refractivity contribution in [3.63, 3.8) is 0 Å². The molecule has 1 aromatic carbocycles. The Morgan fingerprint density at radius 2 is 2.25 bits per heavy atom. The lowest BCUT2D eigenvalue weighted by atomic mass is 10.0. The average molecular weight is 347 g/mol. The summed E-state index contributed by atoms with van der Waals surface area (Å²) < 4.78 is 13.6. The van der Waals surface area contributed by atoms with E-state index in [-0.39, 0.29) is 21.8 Å². The van der Waals surface area contributed by atoms with Crippen LogP contribution in [0.25, 0.3) is 0 Å². The normalized spacial score (nSPS) is 22.1. The molecule has 0 saturated carbocycles. The summed E-state index contributed by atoms with van der Waals surface area (Å²) in [5.74, 6) is -1.87. The van der Waals surface area contributed by atoms with Crippen molar-refractivity contribution in [1.82, 2.24) is 0 Å². The van der Waals surface area contributed by atoms with Crippen LogP contribution in [0, 0.1) is 21.8 Å². The lowest BCUT2D eigenvalue weighted by molar-refractivity contribution is -0.384. The number of carboxylic acids is 1. The van der Waals surface area contributed by atoms with Gasteiger partial charge in [0.1, 0.15) is 17.5 Å². The third-order valence-corrected chi connectivity index (χ3v) is 4.08. The summed E-state index contributed by atoms with van der Waals surface area (Å²) in [5, 5.41) is 20.3. The first-order valence-corrected chi connectivity index (χ1v) is 6.75. The Kier molecular flexibility index (Phi) is 3.94. The second kappa shape index (κ2) is 5.35. The van der Waals surface area contributed by atoms with Crippen molar-refractivity contribution in [3.8, 4) is 0 Å². The molecule has 0 bridgehead atoms. The summed E-state index contributed by atoms with van der Waals surface area (Å²) in [6.45, 7) is 2.11. The Morgan fingerprint density at radius 3 is 2.80 bits per heavy atom. The van der Waals surface area contributed by atoms with Gasteiger partial charge in [0.05, 0.1) is 9.40 Å². The smallest absolute Gasteiger partial charge is 0.326 e. The molecule has 108 valence electrons. The molecular weight excluding hydrogens is 335 g/mol. The van der Waals surface area contributed by atoms with E-state index in [0.717, 1.165) is 12.1 Å².